The number of hydrogen-bond acceptors (Lipinski definition) is 4. The molecule has 1 aliphatic heterocycles. The SMILES string of the molecule is Cc1cc(N2CC(C(=O)NC(C)(C)C)CC2=O)no1. The number of rotatable bonds is 2. The molecule has 1 fully saturated rings. The Bertz CT molecular complexity index is 501. The maximum Gasteiger partial charge on any atom is 0.229 e. The highest BCUT2D eigenvalue weighted by Crippen LogP contribution is 2.25. The van der Waals surface area contributed by atoms with Crippen LogP contribution in [0.3, 0.4) is 0 Å². The molecule has 1 unspecified atom stereocenters. The molecular weight excluding hydrogens is 246 g/mol. The molecule has 0 saturated carbocycles. The number of aromatic nitrogens is 1. The van der Waals surface area contributed by atoms with Crippen LogP contribution in [0.4, 0.5) is 5.82 Å². The Hall–Kier alpha value is -1.85. The van der Waals surface area contributed by atoms with Crippen molar-refractivity contribution >= 4 is 17.6 Å². The summed E-state index contributed by atoms with van der Waals surface area (Å²) in [6.07, 6.45) is 0.216. The van der Waals surface area contributed by atoms with Crippen molar-refractivity contribution in [2.45, 2.75) is 39.7 Å². The van der Waals surface area contributed by atoms with Crippen LogP contribution in [0, 0.1) is 12.8 Å². The van der Waals surface area contributed by atoms with Crippen LogP contribution in [0.2, 0.25) is 0 Å². The Labute approximate surface area is 112 Å². The van der Waals surface area contributed by atoms with E-state index in [1.807, 2.05) is 20.8 Å². The molecule has 19 heavy (non-hydrogen) atoms. The number of aryl methyl sites for hydroxylation is 1. The molecule has 1 aromatic rings. The van der Waals surface area contributed by atoms with E-state index < -0.39 is 0 Å². The van der Waals surface area contributed by atoms with Gasteiger partial charge >= 0.3 is 0 Å². The molecule has 1 N–H and O–H groups in total. The van der Waals surface area contributed by atoms with E-state index in [1.54, 1.807) is 13.0 Å². The molecule has 1 atom stereocenters. The number of carbonyl (C=O) groups excluding carboxylic acids is 2. The molecule has 104 valence electrons. The van der Waals surface area contributed by atoms with Gasteiger partial charge in [-0.1, -0.05) is 5.16 Å². The summed E-state index contributed by atoms with van der Waals surface area (Å²) in [7, 11) is 0. The van der Waals surface area contributed by atoms with Gasteiger partial charge in [-0.15, -0.1) is 0 Å². The molecule has 0 spiro atoms. The van der Waals surface area contributed by atoms with E-state index in [2.05, 4.69) is 10.5 Å². The summed E-state index contributed by atoms with van der Waals surface area (Å²) in [5.41, 5.74) is -0.294. The highest BCUT2D eigenvalue weighted by atomic mass is 16.5. The first-order valence-electron chi connectivity index (χ1n) is 6.32. The lowest BCUT2D eigenvalue weighted by atomic mass is 10.0. The van der Waals surface area contributed by atoms with Gasteiger partial charge in [-0.2, -0.15) is 0 Å². The topological polar surface area (TPSA) is 75.4 Å². The Kier molecular flexibility index (Phi) is 3.34. The van der Waals surface area contributed by atoms with Crippen molar-refractivity contribution < 1.29 is 14.1 Å². The minimum Gasteiger partial charge on any atom is -0.360 e. The number of nitrogens with one attached hydrogen (secondary N) is 1. The molecule has 6 heteroatoms. The third-order valence-corrected chi connectivity index (χ3v) is 2.89. The van der Waals surface area contributed by atoms with Crippen LogP contribution in [0.5, 0.6) is 0 Å². The zero-order valence-corrected chi connectivity index (χ0v) is 11.7. The van der Waals surface area contributed by atoms with Crippen LogP contribution >= 0.6 is 0 Å². The van der Waals surface area contributed by atoms with E-state index >= 15 is 0 Å². The molecule has 1 aliphatic rings. The third-order valence-electron chi connectivity index (χ3n) is 2.89. The van der Waals surface area contributed by atoms with E-state index in [0.717, 1.165) is 0 Å². The molecule has 2 heterocycles. The van der Waals surface area contributed by atoms with Crippen molar-refractivity contribution in [2.75, 3.05) is 11.4 Å². The average Bonchev–Trinajstić information content (AvgIpc) is 2.82. The van der Waals surface area contributed by atoms with Crippen molar-refractivity contribution in [3.8, 4) is 0 Å². The molecule has 0 aliphatic carbocycles. The lowest BCUT2D eigenvalue weighted by molar-refractivity contribution is -0.127. The van der Waals surface area contributed by atoms with Crippen LogP contribution < -0.4 is 10.2 Å². The zero-order chi connectivity index (χ0) is 14.2. The minimum absolute atomic E-state index is 0.0939. The van der Waals surface area contributed by atoms with Gasteiger partial charge in [-0.05, 0) is 27.7 Å². The van der Waals surface area contributed by atoms with Crippen LogP contribution in [0.15, 0.2) is 10.6 Å². The Balaban J connectivity index is 2.05. The number of carbonyl (C=O) groups is 2. The molecular formula is C13H19N3O3. The fourth-order valence-corrected chi connectivity index (χ4v) is 2.06. The second-order valence-electron chi connectivity index (χ2n) is 5.94. The quantitative estimate of drug-likeness (QED) is 0.873. The van der Waals surface area contributed by atoms with Crippen LogP contribution in [-0.4, -0.2) is 29.1 Å². The summed E-state index contributed by atoms with van der Waals surface area (Å²) in [5, 5.41) is 6.71. The number of hydrogen-bond donors (Lipinski definition) is 1. The summed E-state index contributed by atoms with van der Waals surface area (Å²) in [6, 6.07) is 1.70. The Morgan fingerprint density at radius 2 is 2.21 bits per heavy atom. The molecule has 2 rings (SSSR count). The lowest BCUT2D eigenvalue weighted by Crippen LogP contribution is -2.44. The third kappa shape index (κ3) is 3.13. The fourth-order valence-electron chi connectivity index (χ4n) is 2.06. The van der Waals surface area contributed by atoms with Gasteiger partial charge in [0.05, 0.1) is 5.92 Å². The molecule has 0 radical (unpaired) electrons. The lowest BCUT2D eigenvalue weighted by Gasteiger charge is -2.22. The minimum atomic E-state index is -0.330. The maximum absolute atomic E-state index is 12.1. The maximum atomic E-state index is 12.1. The van der Waals surface area contributed by atoms with Gasteiger partial charge in [-0.25, -0.2) is 0 Å². The standard InChI is InChI=1S/C13H19N3O3/c1-8-5-10(15-19-8)16-7-9(6-11(16)17)12(18)14-13(2,3)4/h5,9H,6-7H2,1-4H3,(H,14,18). The smallest absolute Gasteiger partial charge is 0.229 e. The highest BCUT2D eigenvalue weighted by Gasteiger charge is 2.37. The summed E-state index contributed by atoms with van der Waals surface area (Å²) < 4.78 is 4.96. The summed E-state index contributed by atoms with van der Waals surface area (Å²) in [6.45, 7) is 7.87. The van der Waals surface area contributed by atoms with Crippen LogP contribution in [-0.2, 0) is 9.59 Å². The van der Waals surface area contributed by atoms with Crippen LogP contribution in [0.1, 0.15) is 33.0 Å². The second-order valence-corrected chi connectivity index (χ2v) is 5.94. The molecule has 0 bridgehead atoms. The summed E-state index contributed by atoms with van der Waals surface area (Å²) in [5.74, 6) is 0.605. The van der Waals surface area contributed by atoms with Crippen molar-refractivity contribution in [1.82, 2.24) is 10.5 Å². The monoisotopic (exact) mass is 265 g/mol. The predicted molar refractivity (Wildman–Crippen MR) is 69.6 cm³/mol. The normalized spacial score (nSPS) is 19.9. The van der Waals surface area contributed by atoms with Gasteiger partial charge in [0.15, 0.2) is 5.82 Å². The number of amides is 2. The Morgan fingerprint density at radius 3 is 2.74 bits per heavy atom. The van der Waals surface area contributed by atoms with Crippen molar-refractivity contribution in [3.63, 3.8) is 0 Å². The summed E-state index contributed by atoms with van der Waals surface area (Å²) in [4.78, 5) is 25.5. The first kappa shape index (κ1) is 13.6. The van der Waals surface area contributed by atoms with E-state index in [1.165, 1.54) is 4.90 Å². The number of nitrogens with zero attached hydrogens (tertiary/aromatic N) is 2. The number of anilines is 1. The van der Waals surface area contributed by atoms with Gasteiger partial charge in [-0.3, -0.25) is 14.5 Å². The molecule has 6 nitrogen and oxygen atoms in total. The van der Waals surface area contributed by atoms with Gasteiger partial charge in [0.2, 0.25) is 11.8 Å². The highest BCUT2D eigenvalue weighted by molar-refractivity contribution is 5.99. The van der Waals surface area contributed by atoms with Gasteiger partial charge < -0.3 is 9.84 Å². The largest absolute Gasteiger partial charge is 0.360 e. The van der Waals surface area contributed by atoms with E-state index in [4.69, 9.17) is 4.52 Å². The fraction of sp³-hybridized carbons (Fsp3) is 0.615. The average molecular weight is 265 g/mol. The van der Waals surface area contributed by atoms with Gasteiger partial charge in [0.25, 0.3) is 0 Å². The Morgan fingerprint density at radius 1 is 1.53 bits per heavy atom. The first-order valence-corrected chi connectivity index (χ1v) is 6.32. The van der Waals surface area contributed by atoms with E-state index in [-0.39, 0.29) is 29.7 Å². The second kappa shape index (κ2) is 4.68. The molecule has 0 aromatic carbocycles. The first-order chi connectivity index (χ1) is 8.76. The van der Waals surface area contributed by atoms with Gasteiger partial charge in [0.1, 0.15) is 5.76 Å². The summed E-state index contributed by atoms with van der Waals surface area (Å²) >= 11 is 0. The predicted octanol–water partition coefficient (Wildman–Crippen LogP) is 1.25. The van der Waals surface area contributed by atoms with Crippen molar-refractivity contribution in [1.29, 1.82) is 0 Å². The molecule has 2 amide bonds. The van der Waals surface area contributed by atoms with Crippen molar-refractivity contribution in [2.24, 2.45) is 5.92 Å². The van der Waals surface area contributed by atoms with Crippen LogP contribution in [0.25, 0.3) is 0 Å². The molecule has 1 saturated heterocycles. The van der Waals surface area contributed by atoms with Gasteiger partial charge in [0, 0.05) is 24.6 Å². The van der Waals surface area contributed by atoms with E-state index in [9.17, 15) is 9.59 Å². The van der Waals surface area contributed by atoms with E-state index in [0.29, 0.717) is 18.1 Å². The zero-order valence-electron chi connectivity index (χ0n) is 11.7. The van der Waals surface area contributed by atoms with Crippen molar-refractivity contribution in [3.05, 3.63) is 11.8 Å². The molecule has 1 aromatic heterocycles.